The summed E-state index contributed by atoms with van der Waals surface area (Å²) in [4.78, 5) is 15.5. The molecule has 1 aromatic heterocycles. The van der Waals surface area contributed by atoms with E-state index in [1.165, 1.54) is 30.6 Å². The third-order valence-electron chi connectivity index (χ3n) is 2.11. The third kappa shape index (κ3) is 1.82. The van der Waals surface area contributed by atoms with Crippen molar-refractivity contribution in [3.05, 3.63) is 65.5 Å². The second-order valence-electron chi connectivity index (χ2n) is 3.17. The van der Waals surface area contributed by atoms with Gasteiger partial charge in [0.15, 0.2) is 5.78 Å². The van der Waals surface area contributed by atoms with Crippen molar-refractivity contribution in [3.8, 4) is 0 Å². The Balaban J connectivity index is 2.50. The first kappa shape index (κ1) is 10.4. The molecule has 0 aliphatic heterocycles. The molecular weight excluding hydrogens is 212 g/mol. The predicted octanol–water partition coefficient (Wildman–Crippen LogP) is 2.59. The Bertz CT molecular complexity index is 506. The van der Waals surface area contributed by atoms with E-state index < -0.39 is 23.0 Å². The molecule has 0 aliphatic carbocycles. The van der Waals surface area contributed by atoms with E-state index in [-0.39, 0.29) is 5.56 Å². The van der Waals surface area contributed by atoms with Crippen LogP contribution in [0.25, 0.3) is 0 Å². The molecule has 1 aromatic carbocycles. The van der Waals surface area contributed by atoms with Gasteiger partial charge in [0.1, 0.15) is 11.6 Å². The third-order valence-corrected chi connectivity index (χ3v) is 2.11. The van der Waals surface area contributed by atoms with Crippen LogP contribution in [0.2, 0.25) is 0 Å². The molecule has 4 heteroatoms. The van der Waals surface area contributed by atoms with Crippen LogP contribution in [0.4, 0.5) is 8.78 Å². The Hall–Kier alpha value is -2.10. The summed E-state index contributed by atoms with van der Waals surface area (Å²) in [7, 11) is 0. The smallest absolute Gasteiger partial charge is 0.200 e. The second kappa shape index (κ2) is 4.18. The first-order chi connectivity index (χ1) is 7.70. The number of pyridine rings is 1. The van der Waals surface area contributed by atoms with Crippen LogP contribution in [-0.2, 0) is 0 Å². The number of ketones is 1. The lowest BCUT2D eigenvalue weighted by Crippen LogP contribution is -2.07. The van der Waals surface area contributed by atoms with E-state index in [2.05, 4.69) is 4.98 Å². The number of aromatic nitrogens is 1. The van der Waals surface area contributed by atoms with Gasteiger partial charge in [0.25, 0.3) is 0 Å². The molecule has 16 heavy (non-hydrogen) atoms. The Morgan fingerprint density at radius 2 is 1.75 bits per heavy atom. The van der Waals surface area contributed by atoms with Gasteiger partial charge in [0.05, 0.1) is 5.56 Å². The molecule has 0 bridgehead atoms. The molecule has 0 atom stereocenters. The second-order valence-corrected chi connectivity index (χ2v) is 3.17. The number of hydrogen-bond acceptors (Lipinski definition) is 2. The van der Waals surface area contributed by atoms with Gasteiger partial charge in [-0.25, -0.2) is 8.78 Å². The van der Waals surface area contributed by atoms with Crippen molar-refractivity contribution < 1.29 is 13.6 Å². The quantitative estimate of drug-likeness (QED) is 0.726. The van der Waals surface area contributed by atoms with Crippen LogP contribution in [0.3, 0.4) is 0 Å². The van der Waals surface area contributed by atoms with Gasteiger partial charge in [0.2, 0.25) is 0 Å². The fraction of sp³-hybridized carbons (Fsp3) is 0. The van der Waals surface area contributed by atoms with Gasteiger partial charge in [-0.15, -0.1) is 0 Å². The highest BCUT2D eigenvalue weighted by atomic mass is 19.1. The molecule has 2 nitrogen and oxygen atoms in total. The number of hydrogen-bond donors (Lipinski definition) is 0. The van der Waals surface area contributed by atoms with Crippen LogP contribution in [0.5, 0.6) is 0 Å². The highest BCUT2D eigenvalue weighted by Crippen LogP contribution is 2.16. The summed E-state index contributed by atoms with van der Waals surface area (Å²) >= 11 is 0. The minimum Gasteiger partial charge on any atom is -0.288 e. The van der Waals surface area contributed by atoms with Gasteiger partial charge in [-0.1, -0.05) is 6.07 Å². The van der Waals surface area contributed by atoms with E-state index in [0.717, 1.165) is 12.1 Å². The topological polar surface area (TPSA) is 30.0 Å². The van der Waals surface area contributed by atoms with E-state index in [4.69, 9.17) is 0 Å². The normalized spacial score (nSPS) is 10.1. The maximum Gasteiger partial charge on any atom is 0.200 e. The molecular formula is C12H7F2NO. The summed E-state index contributed by atoms with van der Waals surface area (Å²) < 4.78 is 26.6. The zero-order valence-corrected chi connectivity index (χ0v) is 8.15. The monoisotopic (exact) mass is 219 g/mol. The molecule has 0 radical (unpaired) electrons. The van der Waals surface area contributed by atoms with Gasteiger partial charge in [-0.2, -0.15) is 0 Å². The lowest BCUT2D eigenvalue weighted by atomic mass is 10.0. The van der Waals surface area contributed by atoms with Crippen LogP contribution in [0.1, 0.15) is 15.9 Å². The molecule has 0 fully saturated rings. The first-order valence-corrected chi connectivity index (χ1v) is 4.59. The average Bonchev–Trinajstić information content (AvgIpc) is 2.30. The SMILES string of the molecule is O=C(c1cccnc1)c1c(F)cccc1F. The van der Waals surface area contributed by atoms with Gasteiger partial charge in [-0.3, -0.25) is 9.78 Å². The van der Waals surface area contributed by atoms with Crippen LogP contribution in [-0.4, -0.2) is 10.8 Å². The molecule has 2 aromatic rings. The Kier molecular flexibility index (Phi) is 2.72. The van der Waals surface area contributed by atoms with Crippen molar-refractivity contribution >= 4 is 5.78 Å². The van der Waals surface area contributed by atoms with Crippen LogP contribution >= 0.6 is 0 Å². The number of benzene rings is 1. The standard InChI is InChI=1S/C12H7F2NO/c13-9-4-1-5-10(14)11(9)12(16)8-3-2-6-15-7-8/h1-7H. The zero-order chi connectivity index (χ0) is 11.5. The first-order valence-electron chi connectivity index (χ1n) is 4.59. The highest BCUT2D eigenvalue weighted by Gasteiger charge is 2.18. The number of rotatable bonds is 2. The number of carbonyl (C=O) groups excluding carboxylic acids is 1. The molecule has 0 aliphatic rings. The van der Waals surface area contributed by atoms with Crippen molar-refractivity contribution in [1.29, 1.82) is 0 Å². The molecule has 0 saturated carbocycles. The summed E-state index contributed by atoms with van der Waals surface area (Å²) in [5.74, 6) is -2.44. The number of carbonyl (C=O) groups is 1. The van der Waals surface area contributed by atoms with E-state index in [0.29, 0.717) is 0 Å². The fourth-order valence-electron chi connectivity index (χ4n) is 1.36. The number of nitrogens with zero attached hydrogens (tertiary/aromatic N) is 1. The maximum atomic E-state index is 13.3. The highest BCUT2D eigenvalue weighted by molar-refractivity contribution is 6.09. The van der Waals surface area contributed by atoms with Crippen molar-refractivity contribution in [2.24, 2.45) is 0 Å². The van der Waals surface area contributed by atoms with E-state index in [1.807, 2.05) is 0 Å². The largest absolute Gasteiger partial charge is 0.288 e. The zero-order valence-electron chi connectivity index (χ0n) is 8.15. The van der Waals surface area contributed by atoms with Crippen molar-refractivity contribution in [2.45, 2.75) is 0 Å². The number of halogens is 2. The molecule has 0 N–H and O–H groups in total. The Labute approximate surface area is 90.6 Å². The van der Waals surface area contributed by atoms with Gasteiger partial charge in [-0.05, 0) is 24.3 Å². The lowest BCUT2D eigenvalue weighted by Gasteiger charge is -2.03. The minimum atomic E-state index is -0.867. The van der Waals surface area contributed by atoms with Gasteiger partial charge < -0.3 is 0 Å². The van der Waals surface area contributed by atoms with E-state index >= 15 is 0 Å². The van der Waals surface area contributed by atoms with Crippen LogP contribution in [0.15, 0.2) is 42.7 Å². The molecule has 80 valence electrons. The van der Waals surface area contributed by atoms with Crippen molar-refractivity contribution in [3.63, 3.8) is 0 Å². The van der Waals surface area contributed by atoms with Crippen LogP contribution < -0.4 is 0 Å². The van der Waals surface area contributed by atoms with E-state index in [1.54, 1.807) is 0 Å². The van der Waals surface area contributed by atoms with E-state index in [9.17, 15) is 13.6 Å². The lowest BCUT2D eigenvalue weighted by molar-refractivity contribution is 0.103. The summed E-state index contributed by atoms with van der Waals surface area (Å²) in [6, 6.07) is 6.30. The maximum absolute atomic E-state index is 13.3. The molecule has 2 rings (SSSR count). The Morgan fingerprint density at radius 3 is 2.31 bits per heavy atom. The summed E-state index contributed by atoms with van der Waals surface area (Å²) in [5.41, 5.74) is -0.387. The molecule has 0 spiro atoms. The van der Waals surface area contributed by atoms with Crippen molar-refractivity contribution in [2.75, 3.05) is 0 Å². The molecule has 1 heterocycles. The van der Waals surface area contributed by atoms with Gasteiger partial charge in [0, 0.05) is 18.0 Å². The average molecular weight is 219 g/mol. The molecule has 0 unspecified atom stereocenters. The van der Waals surface area contributed by atoms with Crippen molar-refractivity contribution in [1.82, 2.24) is 4.98 Å². The summed E-state index contributed by atoms with van der Waals surface area (Å²) in [5, 5.41) is 0. The summed E-state index contributed by atoms with van der Waals surface area (Å²) in [6.07, 6.45) is 2.75. The Morgan fingerprint density at radius 1 is 1.06 bits per heavy atom. The van der Waals surface area contributed by atoms with Crippen LogP contribution in [0, 0.1) is 11.6 Å². The predicted molar refractivity (Wildman–Crippen MR) is 54.0 cm³/mol. The molecule has 0 saturated heterocycles. The minimum absolute atomic E-state index is 0.159. The summed E-state index contributed by atoms with van der Waals surface area (Å²) in [6.45, 7) is 0. The fourth-order valence-corrected chi connectivity index (χ4v) is 1.36. The molecule has 0 amide bonds. The van der Waals surface area contributed by atoms with Gasteiger partial charge >= 0.3 is 0 Å².